The lowest BCUT2D eigenvalue weighted by Gasteiger charge is -2.11. The fourth-order valence-corrected chi connectivity index (χ4v) is 2.26. The van der Waals surface area contributed by atoms with Gasteiger partial charge in [-0.05, 0) is 13.1 Å². The molecule has 1 aromatic heterocycles. The number of rotatable bonds is 2. The minimum absolute atomic E-state index is 0.0184. The van der Waals surface area contributed by atoms with Gasteiger partial charge in [-0.15, -0.1) is 0 Å². The Labute approximate surface area is 101 Å². The molecule has 18 heavy (non-hydrogen) atoms. The summed E-state index contributed by atoms with van der Waals surface area (Å²) in [6.45, 7) is 0.0373. The van der Waals surface area contributed by atoms with Crippen LogP contribution in [-0.4, -0.2) is 11.6 Å². The summed E-state index contributed by atoms with van der Waals surface area (Å²) in [7, 11) is 2.78. The van der Waals surface area contributed by atoms with Gasteiger partial charge in [0.05, 0.1) is 5.52 Å². The molecule has 0 radical (unpaired) electrons. The van der Waals surface area contributed by atoms with Gasteiger partial charge in [0.2, 0.25) is 0 Å². The Kier molecular flexibility index (Phi) is 3.06. The Hall–Kier alpha value is -1.56. The van der Waals surface area contributed by atoms with Crippen molar-refractivity contribution < 1.29 is 17.6 Å². The molecule has 2 rings (SSSR count). The van der Waals surface area contributed by atoms with E-state index in [9.17, 15) is 17.6 Å². The molecule has 0 aliphatic carbocycles. The molecule has 0 spiro atoms. The Bertz CT molecular complexity index is 584. The van der Waals surface area contributed by atoms with Crippen LogP contribution in [0.2, 0.25) is 0 Å². The maximum Gasteiger partial charge on any atom is 0.431 e. The fraction of sp³-hybridized carbons (Fsp3) is 0.333. The predicted molar refractivity (Wildman–Crippen MR) is 60.6 cm³/mol. The van der Waals surface area contributed by atoms with Crippen LogP contribution in [0.4, 0.5) is 17.6 Å². The molecule has 0 saturated heterocycles. The molecular formula is C12H12F4N2. The van der Waals surface area contributed by atoms with Crippen LogP contribution in [0.25, 0.3) is 10.9 Å². The molecule has 0 unspecified atom stereocenters. The second kappa shape index (κ2) is 4.28. The third kappa shape index (κ3) is 1.86. The van der Waals surface area contributed by atoms with Crippen LogP contribution >= 0.6 is 0 Å². The first-order valence-corrected chi connectivity index (χ1v) is 5.35. The van der Waals surface area contributed by atoms with Gasteiger partial charge in [-0.1, -0.05) is 12.1 Å². The zero-order valence-corrected chi connectivity index (χ0v) is 9.90. The first-order valence-electron chi connectivity index (χ1n) is 5.35. The molecule has 0 saturated carbocycles. The molecule has 6 heteroatoms. The Morgan fingerprint density at radius 3 is 2.50 bits per heavy atom. The van der Waals surface area contributed by atoms with E-state index in [1.54, 1.807) is 7.05 Å². The van der Waals surface area contributed by atoms with Gasteiger partial charge < -0.3 is 9.88 Å². The maximum absolute atomic E-state index is 13.7. The molecule has 0 amide bonds. The van der Waals surface area contributed by atoms with Crippen LogP contribution < -0.4 is 5.32 Å². The second-order valence-electron chi connectivity index (χ2n) is 4.05. The van der Waals surface area contributed by atoms with E-state index in [-0.39, 0.29) is 17.6 Å². The van der Waals surface area contributed by atoms with Gasteiger partial charge in [0.15, 0.2) is 0 Å². The van der Waals surface area contributed by atoms with Gasteiger partial charge in [0.1, 0.15) is 11.5 Å². The number of para-hydroxylation sites is 1. The van der Waals surface area contributed by atoms with Crippen LogP contribution in [0.3, 0.4) is 0 Å². The third-order valence-corrected chi connectivity index (χ3v) is 2.89. The molecule has 2 nitrogen and oxygen atoms in total. The lowest BCUT2D eigenvalue weighted by Crippen LogP contribution is -2.16. The second-order valence-corrected chi connectivity index (χ2v) is 4.05. The molecule has 0 atom stereocenters. The number of aromatic nitrogens is 1. The summed E-state index contributed by atoms with van der Waals surface area (Å²) in [4.78, 5) is 0. The highest BCUT2D eigenvalue weighted by molar-refractivity contribution is 5.86. The first-order chi connectivity index (χ1) is 8.38. The van der Waals surface area contributed by atoms with E-state index in [1.165, 1.54) is 19.2 Å². The van der Waals surface area contributed by atoms with Gasteiger partial charge in [-0.2, -0.15) is 13.2 Å². The quantitative estimate of drug-likeness (QED) is 0.821. The van der Waals surface area contributed by atoms with E-state index < -0.39 is 17.7 Å². The summed E-state index contributed by atoms with van der Waals surface area (Å²) >= 11 is 0. The zero-order valence-electron chi connectivity index (χ0n) is 9.90. The van der Waals surface area contributed by atoms with Crippen molar-refractivity contribution in [2.45, 2.75) is 12.7 Å². The number of hydrogen-bond acceptors (Lipinski definition) is 1. The van der Waals surface area contributed by atoms with Crippen molar-refractivity contribution in [3.05, 3.63) is 35.3 Å². The largest absolute Gasteiger partial charge is 0.431 e. The van der Waals surface area contributed by atoms with Crippen molar-refractivity contribution in [3.63, 3.8) is 0 Å². The standard InChI is InChI=1S/C12H12F4N2/c1-17-6-8-7-4-3-5-9(13)10(7)18(2)11(8)12(14,15)16/h3-5,17H,6H2,1-2H3. The minimum Gasteiger partial charge on any atom is -0.337 e. The van der Waals surface area contributed by atoms with Gasteiger partial charge in [-0.25, -0.2) is 4.39 Å². The predicted octanol–water partition coefficient (Wildman–Crippen LogP) is 3.06. The fourth-order valence-electron chi connectivity index (χ4n) is 2.26. The average molecular weight is 260 g/mol. The molecule has 0 aliphatic rings. The SMILES string of the molecule is CNCc1c(C(F)(F)F)n(C)c2c(F)cccc12. The summed E-state index contributed by atoms with van der Waals surface area (Å²) < 4.78 is 53.6. The number of fused-ring (bicyclic) bond motifs is 1. The number of alkyl halides is 3. The molecule has 2 aromatic rings. The van der Waals surface area contributed by atoms with Crippen molar-refractivity contribution >= 4 is 10.9 Å². The zero-order chi connectivity index (χ0) is 13.5. The normalized spacial score (nSPS) is 12.3. The van der Waals surface area contributed by atoms with E-state index in [0.717, 1.165) is 10.6 Å². The molecule has 1 aromatic carbocycles. The molecule has 1 N–H and O–H groups in total. The van der Waals surface area contributed by atoms with Gasteiger partial charge in [-0.3, -0.25) is 0 Å². The first kappa shape index (κ1) is 12.9. The van der Waals surface area contributed by atoms with Gasteiger partial charge in [0, 0.05) is 24.5 Å². The highest BCUT2D eigenvalue weighted by atomic mass is 19.4. The number of nitrogens with zero attached hydrogens (tertiary/aromatic N) is 1. The van der Waals surface area contributed by atoms with E-state index in [0.29, 0.717) is 5.39 Å². The van der Waals surface area contributed by atoms with E-state index in [2.05, 4.69) is 5.32 Å². The lowest BCUT2D eigenvalue weighted by molar-refractivity contribution is -0.143. The Morgan fingerprint density at radius 2 is 1.94 bits per heavy atom. The highest BCUT2D eigenvalue weighted by Gasteiger charge is 2.38. The number of nitrogens with one attached hydrogen (secondary N) is 1. The summed E-state index contributed by atoms with van der Waals surface area (Å²) in [5.41, 5.74) is -0.756. The van der Waals surface area contributed by atoms with Crippen molar-refractivity contribution in [3.8, 4) is 0 Å². The van der Waals surface area contributed by atoms with Crippen LogP contribution in [0, 0.1) is 5.82 Å². The summed E-state index contributed by atoms with van der Waals surface area (Å²) in [5.74, 6) is -0.650. The molecule has 98 valence electrons. The monoisotopic (exact) mass is 260 g/mol. The molecule has 1 heterocycles. The molecule has 0 aliphatic heterocycles. The van der Waals surface area contributed by atoms with Crippen molar-refractivity contribution in [1.29, 1.82) is 0 Å². The Morgan fingerprint density at radius 1 is 1.28 bits per heavy atom. The molecular weight excluding hydrogens is 248 g/mol. The summed E-state index contributed by atoms with van der Waals surface area (Å²) in [6.07, 6.45) is -4.51. The highest BCUT2D eigenvalue weighted by Crippen LogP contribution is 2.38. The van der Waals surface area contributed by atoms with Crippen molar-refractivity contribution in [2.24, 2.45) is 7.05 Å². The van der Waals surface area contributed by atoms with Gasteiger partial charge >= 0.3 is 6.18 Å². The minimum atomic E-state index is -4.51. The number of hydrogen-bond donors (Lipinski definition) is 1. The Balaban J connectivity index is 2.88. The summed E-state index contributed by atoms with van der Waals surface area (Å²) in [6, 6.07) is 4.07. The van der Waals surface area contributed by atoms with Crippen molar-refractivity contribution in [2.75, 3.05) is 7.05 Å². The third-order valence-electron chi connectivity index (χ3n) is 2.89. The van der Waals surface area contributed by atoms with E-state index >= 15 is 0 Å². The molecule has 0 bridgehead atoms. The van der Waals surface area contributed by atoms with Gasteiger partial charge in [0.25, 0.3) is 0 Å². The topological polar surface area (TPSA) is 17.0 Å². The van der Waals surface area contributed by atoms with Crippen LogP contribution in [-0.2, 0) is 19.8 Å². The average Bonchev–Trinajstić information content (AvgIpc) is 2.53. The van der Waals surface area contributed by atoms with E-state index in [4.69, 9.17) is 0 Å². The number of benzene rings is 1. The number of halogens is 4. The number of aryl methyl sites for hydroxylation is 1. The van der Waals surface area contributed by atoms with Crippen molar-refractivity contribution in [1.82, 2.24) is 9.88 Å². The van der Waals surface area contributed by atoms with Crippen LogP contribution in [0.1, 0.15) is 11.3 Å². The van der Waals surface area contributed by atoms with E-state index in [1.807, 2.05) is 0 Å². The lowest BCUT2D eigenvalue weighted by atomic mass is 10.1. The summed E-state index contributed by atoms with van der Waals surface area (Å²) in [5, 5.41) is 2.98. The maximum atomic E-state index is 13.7. The smallest absolute Gasteiger partial charge is 0.337 e. The van der Waals surface area contributed by atoms with Crippen LogP contribution in [0.15, 0.2) is 18.2 Å². The molecule has 0 fully saturated rings. The van der Waals surface area contributed by atoms with Crippen LogP contribution in [0.5, 0.6) is 0 Å².